The largest absolute Gasteiger partial charge is 0.530 e. The molecule has 0 fully saturated rings. The number of aromatic amines is 1. The Labute approximate surface area is 165 Å². The molecule has 11 nitrogen and oxygen atoms in total. The van der Waals surface area contributed by atoms with Crippen LogP contribution in [0.25, 0.3) is 11.2 Å². The van der Waals surface area contributed by atoms with Crippen LogP contribution in [0.5, 0.6) is 5.75 Å². The Morgan fingerprint density at radius 3 is 3.07 bits per heavy atom. The summed E-state index contributed by atoms with van der Waals surface area (Å²) in [6, 6.07) is 7.12. The normalized spacial score (nSPS) is 19.6. The van der Waals surface area contributed by atoms with Gasteiger partial charge in [0.15, 0.2) is 11.2 Å². The highest BCUT2D eigenvalue weighted by molar-refractivity contribution is 7.49. The summed E-state index contributed by atoms with van der Waals surface area (Å²) in [5.41, 5.74) is 6.49. The number of rotatable bonds is 7. The second-order valence-corrected chi connectivity index (χ2v) is 8.21. The fourth-order valence-electron chi connectivity index (χ4n) is 2.95. The van der Waals surface area contributed by atoms with E-state index in [1.54, 1.807) is 16.7 Å². The van der Waals surface area contributed by atoms with Crippen molar-refractivity contribution in [1.82, 2.24) is 19.5 Å². The van der Waals surface area contributed by atoms with Crippen LogP contribution in [0.3, 0.4) is 0 Å². The molecule has 0 saturated heterocycles. The SMILES string of the molecule is Nc1nc2c(ncn2CCC(CO)COP2(=O)OCc3ccccc3O2)c(=O)[nH]1. The number of nitrogens with two attached hydrogens (primary N) is 1. The lowest BCUT2D eigenvalue weighted by Gasteiger charge is -2.26. The molecule has 0 radical (unpaired) electrons. The van der Waals surface area contributed by atoms with Gasteiger partial charge in [-0.15, -0.1) is 0 Å². The van der Waals surface area contributed by atoms with Gasteiger partial charge in [-0.05, 0) is 12.5 Å². The van der Waals surface area contributed by atoms with Gasteiger partial charge in [-0.25, -0.2) is 9.55 Å². The Morgan fingerprint density at radius 1 is 1.41 bits per heavy atom. The monoisotopic (exact) mass is 421 g/mol. The number of aliphatic hydroxyl groups is 1. The second-order valence-electron chi connectivity index (χ2n) is 6.61. The van der Waals surface area contributed by atoms with Crippen LogP contribution in [0.4, 0.5) is 5.95 Å². The number of phosphoric ester groups is 1. The molecule has 3 aromatic rings. The molecule has 2 aromatic heterocycles. The minimum absolute atomic E-state index is 0.00346. The maximum atomic E-state index is 12.7. The summed E-state index contributed by atoms with van der Waals surface area (Å²) in [4.78, 5) is 22.4. The van der Waals surface area contributed by atoms with Crippen molar-refractivity contribution in [2.75, 3.05) is 18.9 Å². The second kappa shape index (κ2) is 7.96. The number of aliphatic hydroxyl groups excluding tert-OH is 1. The summed E-state index contributed by atoms with van der Waals surface area (Å²) in [5, 5.41) is 9.66. The molecule has 1 aliphatic heterocycles. The summed E-state index contributed by atoms with van der Waals surface area (Å²) < 4.78 is 30.4. The molecule has 0 spiro atoms. The van der Waals surface area contributed by atoms with E-state index in [1.807, 2.05) is 12.1 Å². The van der Waals surface area contributed by atoms with Crippen LogP contribution in [-0.2, 0) is 26.8 Å². The standard InChI is InChI=1S/C17H20N5O6P/c18-17-20-15-14(16(24)21-17)19-10-22(15)6-5-11(7-23)8-26-29(25)27-9-12-3-1-2-4-13(12)28-29/h1-4,10-11,23H,5-9H2,(H3,18,20,21,24). The third-order valence-corrected chi connectivity index (χ3v) is 5.89. The highest BCUT2D eigenvalue weighted by Crippen LogP contribution is 2.54. The van der Waals surface area contributed by atoms with Gasteiger partial charge in [-0.2, -0.15) is 4.98 Å². The molecule has 29 heavy (non-hydrogen) atoms. The van der Waals surface area contributed by atoms with Crippen LogP contribution >= 0.6 is 7.82 Å². The highest BCUT2D eigenvalue weighted by Gasteiger charge is 2.34. The Kier molecular flexibility index (Phi) is 5.37. The van der Waals surface area contributed by atoms with E-state index in [0.29, 0.717) is 24.4 Å². The molecule has 0 amide bonds. The average molecular weight is 421 g/mol. The molecule has 154 valence electrons. The van der Waals surface area contributed by atoms with Crippen molar-refractivity contribution in [2.45, 2.75) is 19.6 Å². The number of benzene rings is 1. The molecule has 3 heterocycles. The van der Waals surface area contributed by atoms with Crippen LogP contribution in [0.15, 0.2) is 35.4 Å². The Balaban J connectivity index is 1.38. The average Bonchev–Trinajstić information content (AvgIpc) is 3.11. The zero-order chi connectivity index (χ0) is 20.4. The summed E-state index contributed by atoms with van der Waals surface area (Å²) >= 11 is 0. The number of hydrogen-bond donors (Lipinski definition) is 3. The van der Waals surface area contributed by atoms with Crippen LogP contribution < -0.4 is 15.8 Å². The van der Waals surface area contributed by atoms with Gasteiger partial charge >= 0.3 is 7.82 Å². The van der Waals surface area contributed by atoms with Gasteiger partial charge in [0.1, 0.15) is 5.75 Å². The molecule has 4 N–H and O–H groups in total. The summed E-state index contributed by atoms with van der Waals surface area (Å²) in [6.07, 6.45) is 1.93. The minimum atomic E-state index is -3.75. The maximum Gasteiger partial charge on any atom is 0.530 e. The number of phosphoric acid groups is 1. The number of nitrogens with one attached hydrogen (secondary N) is 1. The van der Waals surface area contributed by atoms with Gasteiger partial charge in [0.05, 0.1) is 19.5 Å². The smallest absolute Gasteiger partial charge is 0.404 e. The first-order chi connectivity index (χ1) is 14.0. The van der Waals surface area contributed by atoms with Crippen LogP contribution in [0.2, 0.25) is 0 Å². The van der Waals surface area contributed by atoms with Crippen molar-refractivity contribution in [2.24, 2.45) is 5.92 Å². The molecule has 2 atom stereocenters. The minimum Gasteiger partial charge on any atom is -0.404 e. The van der Waals surface area contributed by atoms with E-state index in [0.717, 1.165) is 5.56 Å². The summed E-state index contributed by atoms with van der Waals surface area (Å²) in [7, 11) is -3.75. The lowest BCUT2D eigenvalue weighted by atomic mass is 10.1. The zero-order valence-corrected chi connectivity index (χ0v) is 16.2. The van der Waals surface area contributed by atoms with Crippen molar-refractivity contribution in [3.05, 3.63) is 46.5 Å². The Hall–Kier alpha value is -2.72. The van der Waals surface area contributed by atoms with Crippen molar-refractivity contribution in [3.63, 3.8) is 0 Å². The first-order valence-electron chi connectivity index (χ1n) is 8.95. The lowest BCUT2D eigenvalue weighted by Crippen LogP contribution is -2.19. The number of nitrogens with zero attached hydrogens (tertiary/aromatic N) is 3. The van der Waals surface area contributed by atoms with Gasteiger partial charge in [-0.1, -0.05) is 18.2 Å². The Bertz CT molecular complexity index is 1130. The number of hydrogen-bond acceptors (Lipinski definition) is 9. The van der Waals surface area contributed by atoms with Crippen molar-refractivity contribution in [3.8, 4) is 5.75 Å². The molecule has 4 rings (SSSR count). The molecule has 0 bridgehead atoms. The zero-order valence-electron chi connectivity index (χ0n) is 15.4. The van der Waals surface area contributed by atoms with Crippen molar-refractivity contribution in [1.29, 1.82) is 0 Å². The third-order valence-electron chi connectivity index (χ3n) is 4.56. The number of imidazole rings is 1. The fourth-order valence-corrected chi connectivity index (χ4v) is 4.24. The fraction of sp³-hybridized carbons (Fsp3) is 0.353. The number of anilines is 1. The number of fused-ring (bicyclic) bond motifs is 2. The van der Waals surface area contributed by atoms with Crippen LogP contribution in [-0.4, -0.2) is 37.8 Å². The van der Waals surface area contributed by atoms with Crippen LogP contribution in [0, 0.1) is 5.92 Å². The molecular weight excluding hydrogens is 401 g/mol. The maximum absolute atomic E-state index is 12.7. The van der Waals surface area contributed by atoms with E-state index in [1.165, 1.54) is 6.33 Å². The number of aromatic nitrogens is 4. The third kappa shape index (κ3) is 4.18. The van der Waals surface area contributed by atoms with E-state index in [9.17, 15) is 14.5 Å². The predicted octanol–water partition coefficient (Wildman–Crippen LogP) is 1.43. The predicted molar refractivity (Wildman–Crippen MR) is 103 cm³/mol. The molecule has 2 unspecified atom stereocenters. The van der Waals surface area contributed by atoms with Gasteiger partial charge < -0.3 is 19.9 Å². The number of para-hydroxylation sites is 1. The van der Waals surface area contributed by atoms with E-state index in [-0.39, 0.29) is 37.2 Å². The summed E-state index contributed by atoms with van der Waals surface area (Å²) in [5.74, 6) is 0.111. The van der Waals surface area contributed by atoms with Crippen molar-refractivity contribution < 1.29 is 23.2 Å². The molecule has 0 saturated carbocycles. The van der Waals surface area contributed by atoms with E-state index in [2.05, 4.69) is 15.0 Å². The van der Waals surface area contributed by atoms with Gasteiger partial charge in [0, 0.05) is 24.6 Å². The number of nitrogen functional groups attached to an aromatic ring is 1. The van der Waals surface area contributed by atoms with E-state index in [4.69, 9.17) is 19.3 Å². The molecule has 1 aliphatic rings. The van der Waals surface area contributed by atoms with Crippen LogP contribution in [0.1, 0.15) is 12.0 Å². The molecule has 0 aliphatic carbocycles. The number of H-pyrrole nitrogens is 1. The van der Waals surface area contributed by atoms with Gasteiger partial charge in [0.2, 0.25) is 5.95 Å². The Morgan fingerprint density at radius 2 is 2.24 bits per heavy atom. The van der Waals surface area contributed by atoms with E-state index >= 15 is 0 Å². The first kappa shape index (κ1) is 19.6. The molecule has 12 heteroatoms. The summed E-state index contributed by atoms with van der Waals surface area (Å²) in [6.45, 7) is 0.299. The van der Waals surface area contributed by atoms with Crippen molar-refractivity contribution >= 4 is 24.9 Å². The highest BCUT2D eigenvalue weighted by atomic mass is 31.2. The molecular formula is C17H20N5O6P. The van der Waals surface area contributed by atoms with E-state index < -0.39 is 13.4 Å². The quantitative estimate of drug-likeness (QED) is 0.481. The van der Waals surface area contributed by atoms with Gasteiger partial charge in [-0.3, -0.25) is 18.8 Å². The topological polar surface area (TPSA) is 155 Å². The molecule has 1 aromatic carbocycles. The number of aryl methyl sites for hydroxylation is 1. The first-order valence-corrected chi connectivity index (χ1v) is 10.4. The van der Waals surface area contributed by atoms with Gasteiger partial charge in [0.25, 0.3) is 5.56 Å². The lowest BCUT2D eigenvalue weighted by molar-refractivity contribution is 0.0960.